The summed E-state index contributed by atoms with van der Waals surface area (Å²) in [4.78, 5) is 24.7. The minimum Gasteiger partial charge on any atom is -0.462 e. The maximum absolute atomic E-state index is 12.5. The minimum absolute atomic E-state index is 0.193. The summed E-state index contributed by atoms with van der Waals surface area (Å²) in [6.45, 7) is 4.05. The molecular weight excluding hydrogens is 444 g/mol. The normalized spacial score (nSPS) is 11.4. The zero-order valence-corrected chi connectivity index (χ0v) is 19.7. The van der Waals surface area contributed by atoms with Crippen LogP contribution in [0.4, 0.5) is 0 Å². The number of nitrogens with zero attached hydrogens (tertiary/aromatic N) is 3. The van der Waals surface area contributed by atoms with Gasteiger partial charge in [0.15, 0.2) is 0 Å². The molecule has 3 aromatic rings. The first-order valence-electron chi connectivity index (χ1n) is 10.3. The highest BCUT2D eigenvalue weighted by atomic mass is 32.2. The van der Waals surface area contributed by atoms with Gasteiger partial charge in [0.2, 0.25) is 10.0 Å². The number of benzene rings is 2. The lowest BCUT2D eigenvalue weighted by Gasteiger charge is -2.12. The van der Waals surface area contributed by atoms with Crippen LogP contribution in [0, 0.1) is 6.92 Å². The molecule has 0 radical (unpaired) electrons. The summed E-state index contributed by atoms with van der Waals surface area (Å²) in [5, 5.41) is 7.06. The standard InChI is InChI=1S/C23H26N4O5S/c1-5-32-23(29)21-15-25-27(16(21)2)19-10-8-18(9-11-19)22(28)24-14-17-6-12-20(13-7-17)33(30,31)26(3)4/h6-13,15H,5,14H2,1-4H3,(H,24,28). The Morgan fingerprint density at radius 2 is 1.70 bits per heavy atom. The van der Waals surface area contributed by atoms with Crippen LogP contribution in [0.15, 0.2) is 59.6 Å². The molecule has 0 aliphatic rings. The Kier molecular flexibility index (Phi) is 7.29. The fourth-order valence-electron chi connectivity index (χ4n) is 3.11. The fourth-order valence-corrected chi connectivity index (χ4v) is 4.01. The van der Waals surface area contributed by atoms with Crippen molar-refractivity contribution in [1.82, 2.24) is 19.4 Å². The lowest BCUT2D eigenvalue weighted by Crippen LogP contribution is -2.23. The molecule has 0 unspecified atom stereocenters. The van der Waals surface area contributed by atoms with Crippen molar-refractivity contribution in [3.63, 3.8) is 0 Å². The molecule has 1 amide bonds. The fraction of sp³-hybridized carbons (Fsp3) is 0.261. The minimum atomic E-state index is -3.49. The smallest absolute Gasteiger partial charge is 0.341 e. The van der Waals surface area contributed by atoms with Crippen LogP contribution in [0.25, 0.3) is 5.69 Å². The van der Waals surface area contributed by atoms with Crippen LogP contribution >= 0.6 is 0 Å². The van der Waals surface area contributed by atoms with E-state index in [0.717, 1.165) is 9.87 Å². The molecule has 0 spiro atoms. The summed E-state index contributed by atoms with van der Waals surface area (Å²) in [5.74, 6) is -0.694. The Morgan fingerprint density at radius 1 is 1.06 bits per heavy atom. The van der Waals surface area contributed by atoms with Crippen molar-refractivity contribution in [2.24, 2.45) is 0 Å². The van der Waals surface area contributed by atoms with Crippen LogP contribution in [0.3, 0.4) is 0 Å². The third kappa shape index (κ3) is 5.29. The molecule has 0 aliphatic heterocycles. The van der Waals surface area contributed by atoms with Gasteiger partial charge in [-0.2, -0.15) is 5.10 Å². The third-order valence-corrected chi connectivity index (χ3v) is 6.86. The second-order valence-electron chi connectivity index (χ2n) is 7.44. The zero-order valence-electron chi connectivity index (χ0n) is 18.9. The van der Waals surface area contributed by atoms with Crippen molar-refractivity contribution >= 4 is 21.9 Å². The number of ether oxygens (including phenoxy) is 1. The molecule has 0 saturated carbocycles. The van der Waals surface area contributed by atoms with E-state index in [2.05, 4.69) is 10.4 Å². The van der Waals surface area contributed by atoms with Crippen molar-refractivity contribution in [1.29, 1.82) is 0 Å². The highest BCUT2D eigenvalue weighted by molar-refractivity contribution is 7.89. The lowest BCUT2D eigenvalue weighted by atomic mass is 10.1. The molecule has 10 heteroatoms. The van der Waals surface area contributed by atoms with Crippen molar-refractivity contribution < 1.29 is 22.7 Å². The number of hydrogen-bond donors (Lipinski definition) is 1. The molecule has 33 heavy (non-hydrogen) atoms. The predicted octanol–water partition coefficient (Wildman–Crippen LogP) is 2.54. The molecule has 0 bridgehead atoms. The molecule has 0 atom stereocenters. The average molecular weight is 471 g/mol. The van der Waals surface area contributed by atoms with Crippen LogP contribution in [-0.2, 0) is 21.3 Å². The summed E-state index contributed by atoms with van der Waals surface area (Å²) in [6.07, 6.45) is 1.46. The van der Waals surface area contributed by atoms with Gasteiger partial charge in [0.05, 0.1) is 29.1 Å². The molecule has 1 aromatic heterocycles. The highest BCUT2D eigenvalue weighted by Gasteiger charge is 2.17. The Morgan fingerprint density at radius 3 is 2.27 bits per heavy atom. The first-order chi connectivity index (χ1) is 15.6. The van der Waals surface area contributed by atoms with Gasteiger partial charge in [-0.1, -0.05) is 12.1 Å². The van der Waals surface area contributed by atoms with E-state index in [-0.39, 0.29) is 24.0 Å². The number of amides is 1. The van der Waals surface area contributed by atoms with E-state index in [0.29, 0.717) is 22.5 Å². The molecule has 1 N–H and O–H groups in total. The Labute approximate surface area is 193 Å². The maximum atomic E-state index is 12.5. The van der Waals surface area contributed by atoms with Crippen molar-refractivity contribution in [2.45, 2.75) is 25.3 Å². The Bertz CT molecular complexity index is 1250. The molecule has 0 fully saturated rings. The molecule has 9 nitrogen and oxygen atoms in total. The van der Waals surface area contributed by atoms with Crippen LogP contribution in [-0.4, -0.2) is 55.1 Å². The Balaban J connectivity index is 1.65. The number of aromatic nitrogens is 2. The number of rotatable bonds is 8. The summed E-state index contributed by atoms with van der Waals surface area (Å²) in [5.41, 5.74) is 2.98. The quantitative estimate of drug-likeness (QED) is 0.507. The van der Waals surface area contributed by atoms with Gasteiger partial charge in [0.25, 0.3) is 5.91 Å². The molecule has 1 heterocycles. The summed E-state index contributed by atoms with van der Waals surface area (Å²) in [6, 6.07) is 13.2. The third-order valence-electron chi connectivity index (χ3n) is 5.03. The van der Waals surface area contributed by atoms with E-state index in [9.17, 15) is 18.0 Å². The van der Waals surface area contributed by atoms with E-state index < -0.39 is 16.0 Å². The first kappa shape index (κ1) is 24.1. The average Bonchev–Trinajstić information content (AvgIpc) is 3.19. The number of carbonyl (C=O) groups excluding carboxylic acids is 2. The van der Waals surface area contributed by atoms with Crippen LogP contribution in [0.5, 0.6) is 0 Å². The van der Waals surface area contributed by atoms with Crippen molar-refractivity contribution in [3.05, 3.63) is 77.1 Å². The van der Waals surface area contributed by atoms with Gasteiger partial charge in [-0.25, -0.2) is 22.2 Å². The highest BCUT2D eigenvalue weighted by Crippen LogP contribution is 2.17. The van der Waals surface area contributed by atoms with Gasteiger partial charge in [-0.05, 0) is 55.8 Å². The molecule has 2 aromatic carbocycles. The van der Waals surface area contributed by atoms with E-state index >= 15 is 0 Å². The SMILES string of the molecule is CCOC(=O)c1cnn(-c2ccc(C(=O)NCc3ccc(S(=O)(=O)N(C)C)cc3)cc2)c1C. The van der Waals surface area contributed by atoms with Crippen LogP contribution in [0.1, 0.15) is 38.9 Å². The van der Waals surface area contributed by atoms with E-state index in [1.54, 1.807) is 54.9 Å². The summed E-state index contributed by atoms with van der Waals surface area (Å²) >= 11 is 0. The van der Waals surface area contributed by atoms with Gasteiger partial charge in [0, 0.05) is 26.2 Å². The molecule has 0 saturated heterocycles. The van der Waals surface area contributed by atoms with Crippen molar-refractivity contribution in [2.75, 3.05) is 20.7 Å². The van der Waals surface area contributed by atoms with Gasteiger partial charge in [0.1, 0.15) is 5.56 Å². The number of nitrogens with one attached hydrogen (secondary N) is 1. The van der Waals surface area contributed by atoms with Crippen molar-refractivity contribution in [3.8, 4) is 5.69 Å². The van der Waals surface area contributed by atoms with Gasteiger partial charge in [-0.3, -0.25) is 4.79 Å². The first-order valence-corrected chi connectivity index (χ1v) is 11.7. The van der Waals surface area contributed by atoms with E-state index in [4.69, 9.17) is 4.74 Å². The number of hydrogen-bond acceptors (Lipinski definition) is 6. The van der Waals surface area contributed by atoms with Crippen LogP contribution in [0.2, 0.25) is 0 Å². The molecular formula is C23H26N4O5S. The lowest BCUT2D eigenvalue weighted by molar-refractivity contribution is 0.0525. The maximum Gasteiger partial charge on any atom is 0.341 e. The second kappa shape index (κ2) is 9.97. The predicted molar refractivity (Wildman–Crippen MR) is 123 cm³/mol. The van der Waals surface area contributed by atoms with Crippen LogP contribution < -0.4 is 5.32 Å². The van der Waals surface area contributed by atoms with Gasteiger partial charge >= 0.3 is 5.97 Å². The molecule has 0 aliphatic carbocycles. The molecule has 3 rings (SSSR count). The van der Waals surface area contributed by atoms with Gasteiger partial charge < -0.3 is 10.1 Å². The number of sulfonamides is 1. The van der Waals surface area contributed by atoms with E-state index in [1.807, 2.05) is 0 Å². The second-order valence-corrected chi connectivity index (χ2v) is 9.59. The monoisotopic (exact) mass is 470 g/mol. The number of carbonyl (C=O) groups is 2. The Hall–Kier alpha value is -3.50. The summed E-state index contributed by atoms with van der Waals surface area (Å²) < 4.78 is 32.1. The largest absolute Gasteiger partial charge is 0.462 e. The molecule has 174 valence electrons. The number of esters is 1. The van der Waals surface area contributed by atoms with E-state index in [1.165, 1.54) is 32.4 Å². The topological polar surface area (TPSA) is 111 Å². The van der Waals surface area contributed by atoms with Gasteiger partial charge in [-0.15, -0.1) is 0 Å². The summed E-state index contributed by atoms with van der Waals surface area (Å²) in [7, 11) is -0.543. The zero-order chi connectivity index (χ0) is 24.2.